The van der Waals surface area contributed by atoms with Crippen molar-refractivity contribution in [2.24, 2.45) is 0 Å². The second-order valence-electron chi connectivity index (χ2n) is 6.27. The molecule has 1 aromatic heterocycles. The highest BCUT2D eigenvalue weighted by atomic mass is 19.1. The molecule has 0 bridgehead atoms. The van der Waals surface area contributed by atoms with Crippen molar-refractivity contribution in [3.8, 4) is 0 Å². The fourth-order valence-corrected chi connectivity index (χ4v) is 3.05. The highest BCUT2D eigenvalue weighted by molar-refractivity contribution is 5.32. The average molecular weight is 352 g/mol. The van der Waals surface area contributed by atoms with Gasteiger partial charge in [-0.15, -0.1) is 0 Å². The lowest BCUT2D eigenvalue weighted by molar-refractivity contribution is 0.601. The van der Waals surface area contributed by atoms with Crippen molar-refractivity contribution in [1.29, 1.82) is 0 Å². The zero-order chi connectivity index (χ0) is 18.2. The Morgan fingerprint density at radius 2 is 1.38 bits per heavy atom. The molecular formula is C22H22F2N2. The molecule has 134 valence electrons. The van der Waals surface area contributed by atoms with Crippen LogP contribution < -0.4 is 5.32 Å². The molecule has 0 aliphatic carbocycles. The number of halogens is 2. The number of nitrogens with zero attached hydrogens (tertiary/aromatic N) is 1. The van der Waals surface area contributed by atoms with Crippen molar-refractivity contribution in [2.45, 2.75) is 18.8 Å². The largest absolute Gasteiger partial charge is 0.316 e. The van der Waals surface area contributed by atoms with Crippen molar-refractivity contribution < 1.29 is 8.78 Å². The SMILES string of the molecule is Fc1ccc(C(CCNCCc2ccccn2)c2ccc(F)cc2)cc1. The van der Waals surface area contributed by atoms with Gasteiger partial charge in [0.1, 0.15) is 11.6 Å². The number of rotatable bonds is 8. The van der Waals surface area contributed by atoms with E-state index < -0.39 is 0 Å². The van der Waals surface area contributed by atoms with Crippen LogP contribution in [0.2, 0.25) is 0 Å². The van der Waals surface area contributed by atoms with Gasteiger partial charge in [0, 0.05) is 30.8 Å². The first-order valence-corrected chi connectivity index (χ1v) is 8.84. The monoisotopic (exact) mass is 352 g/mol. The van der Waals surface area contributed by atoms with Crippen LogP contribution in [0.5, 0.6) is 0 Å². The van der Waals surface area contributed by atoms with Crippen LogP contribution in [-0.2, 0) is 6.42 Å². The Labute approximate surface area is 152 Å². The highest BCUT2D eigenvalue weighted by Crippen LogP contribution is 2.28. The number of aromatic nitrogens is 1. The zero-order valence-corrected chi connectivity index (χ0v) is 14.5. The average Bonchev–Trinajstić information content (AvgIpc) is 2.67. The molecule has 1 heterocycles. The predicted octanol–water partition coefficient (Wildman–Crippen LogP) is 4.71. The maximum absolute atomic E-state index is 13.3. The fraction of sp³-hybridized carbons (Fsp3) is 0.227. The van der Waals surface area contributed by atoms with Crippen molar-refractivity contribution in [3.63, 3.8) is 0 Å². The summed E-state index contributed by atoms with van der Waals surface area (Å²) < 4.78 is 26.5. The summed E-state index contributed by atoms with van der Waals surface area (Å²) in [5.41, 5.74) is 3.13. The normalized spacial score (nSPS) is 11.0. The number of nitrogens with one attached hydrogen (secondary N) is 1. The lowest BCUT2D eigenvalue weighted by Gasteiger charge is -2.18. The molecule has 0 radical (unpaired) electrons. The third-order valence-electron chi connectivity index (χ3n) is 4.44. The summed E-state index contributed by atoms with van der Waals surface area (Å²) >= 11 is 0. The molecule has 0 amide bonds. The first kappa shape index (κ1) is 18.2. The molecule has 2 nitrogen and oxygen atoms in total. The molecule has 0 atom stereocenters. The van der Waals surface area contributed by atoms with E-state index in [-0.39, 0.29) is 17.6 Å². The van der Waals surface area contributed by atoms with E-state index in [0.717, 1.165) is 42.8 Å². The molecule has 0 fully saturated rings. The minimum atomic E-state index is -0.250. The van der Waals surface area contributed by atoms with Crippen LogP contribution in [0.3, 0.4) is 0 Å². The van der Waals surface area contributed by atoms with Gasteiger partial charge in [-0.25, -0.2) is 8.78 Å². The third-order valence-corrected chi connectivity index (χ3v) is 4.44. The molecule has 0 aliphatic rings. The molecule has 2 aromatic carbocycles. The molecular weight excluding hydrogens is 330 g/mol. The quantitative estimate of drug-likeness (QED) is 0.594. The van der Waals surface area contributed by atoms with Gasteiger partial charge in [-0.05, 0) is 60.5 Å². The maximum atomic E-state index is 13.3. The standard InChI is InChI=1S/C22H22F2N2/c23-19-8-4-17(5-9-19)22(18-6-10-20(24)11-7-18)13-16-25-15-12-21-3-1-2-14-26-21/h1-11,14,22,25H,12-13,15-16H2. The van der Waals surface area contributed by atoms with Crippen molar-refractivity contribution >= 4 is 0 Å². The van der Waals surface area contributed by atoms with Crippen molar-refractivity contribution in [3.05, 3.63) is 101 Å². The highest BCUT2D eigenvalue weighted by Gasteiger charge is 2.14. The smallest absolute Gasteiger partial charge is 0.123 e. The Balaban J connectivity index is 1.60. The van der Waals surface area contributed by atoms with Gasteiger partial charge in [0.05, 0.1) is 0 Å². The number of hydrogen-bond acceptors (Lipinski definition) is 2. The molecule has 4 heteroatoms. The fourth-order valence-electron chi connectivity index (χ4n) is 3.05. The van der Waals surface area contributed by atoms with Crippen LogP contribution >= 0.6 is 0 Å². The Hall–Kier alpha value is -2.59. The summed E-state index contributed by atoms with van der Waals surface area (Å²) in [6.45, 7) is 1.66. The topological polar surface area (TPSA) is 24.9 Å². The number of pyridine rings is 1. The number of hydrogen-bond donors (Lipinski definition) is 1. The van der Waals surface area contributed by atoms with E-state index in [0.29, 0.717) is 0 Å². The summed E-state index contributed by atoms with van der Waals surface area (Å²) in [7, 11) is 0. The Bertz CT molecular complexity index is 741. The van der Waals surface area contributed by atoms with Crippen molar-refractivity contribution in [2.75, 3.05) is 13.1 Å². The van der Waals surface area contributed by atoms with E-state index >= 15 is 0 Å². The van der Waals surface area contributed by atoms with E-state index in [1.165, 1.54) is 24.3 Å². The Kier molecular flexibility index (Phi) is 6.45. The third kappa shape index (κ3) is 5.20. The second kappa shape index (κ2) is 9.20. The van der Waals surface area contributed by atoms with Crippen molar-refractivity contribution in [1.82, 2.24) is 10.3 Å². The van der Waals surface area contributed by atoms with Crippen LogP contribution in [0.1, 0.15) is 29.2 Å². The van der Waals surface area contributed by atoms with Gasteiger partial charge in [-0.1, -0.05) is 30.3 Å². The lowest BCUT2D eigenvalue weighted by Crippen LogP contribution is -2.21. The lowest BCUT2D eigenvalue weighted by atomic mass is 9.88. The van der Waals surface area contributed by atoms with Gasteiger partial charge in [0.2, 0.25) is 0 Å². The van der Waals surface area contributed by atoms with Gasteiger partial charge in [-0.3, -0.25) is 4.98 Å². The molecule has 0 aliphatic heterocycles. The maximum Gasteiger partial charge on any atom is 0.123 e. The second-order valence-corrected chi connectivity index (χ2v) is 6.27. The van der Waals surface area contributed by atoms with E-state index in [1.807, 2.05) is 18.2 Å². The van der Waals surface area contributed by atoms with E-state index in [1.54, 1.807) is 30.5 Å². The van der Waals surface area contributed by atoms with E-state index in [9.17, 15) is 8.78 Å². The van der Waals surface area contributed by atoms with Crippen LogP contribution in [-0.4, -0.2) is 18.1 Å². The van der Waals surface area contributed by atoms with E-state index in [2.05, 4.69) is 10.3 Å². The van der Waals surface area contributed by atoms with Gasteiger partial charge < -0.3 is 5.32 Å². The molecule has 0 unspecified atom stereocenters. The summed E-state index contributed by atoms with van der Waals surface area (Å²) in [5.74, 6) is -0.404. The van der Waals surface area contributed by atoms with Gasteiger partial charge in [-0.2, -0.15) is 0 Å². The van der Waals surface area contributed by atoms with E-state index in [4.69, 9.17) is 0 Å². The Morgan fingerprint density at radius 1 is 0.769 bits per heavy atom. The molecule has 0 saturated carbocycles. The molecule has 26 heavy (non-hydrogen) atoms. The molecule has 1 N–H and O–H groups in total. The minimum absolute atomic E-state index is 0.0959. The van der Waals surface area contributed by atoms with Gasteiger partial charge in [0.15, 0.2) is 0 Å². The summed E-state index contributed by atoms with van der Waals surface area (Å²) in [6, 6.07) is 19.0. The van der Waals surface area contributed by atoms with Gasteiger partial charge in [0.25, 0.3) is 0 Å². The van der Waals surface area contributed by atoms with Crippen LogP contribution in [0, 0.1) is 11.6 Å². The predicted molar refractivity (Wildman–Crippen MR) is 100 cm³/mol. The summed E-state index contributed by atoms with van der Waals surface area (Å²) in [6.07, 6.45) is 3.52. The first-order valence-electron chi connectivity index (χ1n) is 8.84. The minimum Gasteiger partial charge on any atom is -0.316 e. The molecule has 0 spiro atoms. The molecule has 3 aromatic rings. The Morgan fingerprint density at radius 3 is 1.92 bits per heavy atom. The number of benzene rings is 2. The first-order chi connectivity index (χ1) is 12.7. The van der Waals surface area contributed by atoms with Crippen LogP contribution in [0.25, 0.3) is 0 Å². The van der Waals surface area contributed by atoms with Crippen LogP contribution in [0.15, 0.2) is 72.9 Å². The van der Waals surface area contributed by atoms with Crippen LogP contribution in [0.4, 0.5) is 8.78 Å². The molecule has 0 saturated heterocycles. The zero-order valence-electron chi connectivity index (χ0n) is 14.5. The van der Waals surface area contributed by atoms with Gasteiger partial charge >= 0.3 is 0 Å². The molecule has 3 rings (SSSR count). The summed E-state index contributed by atoms with van der Waals surface area (Å²) in [4.78, 5) is 4.31. The summed E-state index contributed by atoms with van der Waals surface area (Å²) in [5, 5.41) is 3.44.